The minimum absolute atomic E-state index is 0.204. The third-order valence-electron chi connectivity index (χ3n) is 3.75. The smallest absolute Gasteiger partial charge is 0.194 e. The van der Waals surface area contributed by atoms with E-state index < -0.39 is 23.6 Å². The fourth-order valence-corrected chi connectivity index (χ4v) is 2.60. The van der Waals surface area contributed by atoms with Crippen molar-refractivity contribution in [2.45, 2.75) is 18.0 Å². The molecule has 3 rings (SSSR count). The molecule has 0 saturated carbocycles. The molecule has 0 bridgehead atoms. The molecule has 0 fully saturated rings. The Morgan fingerprint density at radius 2 is 1.26 bits per heavy atom. The molecular weight excluding hydrogens is 325 g/mol. The fourth-order valence-electron chi connectivity index (χ4n) is 2.60. The molecule has 0 unspecified atom stereocenters. The molecule has 7 heteroatoms. The molecule has 0 nitrogen and oxygen atoms in total. The van der Waals surface area contributed by atoms with Crippen molar-refractivity contribution in [2.75, 3.05) is 0 Å². The van der Waals surface area contributed by atoms with Gasteiger partial charge in [-0.1, -0.05) is 42.5 Å². The molecule has 2 aromatic carbocycles. The standard InChI is InChI=1S/C16H8F7/c17-14(18,15(19,20)16(21,22)23)13-7-3-6-11-10-5-2-1-4-9(10)8-12(11)13/h1-8H. The summed E-state index contributed by atoms with van der Waals surface area (Å²) in [4.78, 5) is 0. The first-order valence-electron chi connectivity index (χ1n) is 6.47. The van der Waals surface area contributed by atoms with Crippen LogP contribution in [0, 0.1) is 6.42 Å². The van der Waals surface area contributed by atoms with Crippen molar-refractivity contribution >= 4 is 0 Å². The van der Waals surface area contributed by atoms with E-state index in [2.05, 4.69) is 0 Å². The summed E-state index contributed by atoms with van der Waals surface area (Å²) in [5, 5.41) is 0. The van der Waals surface area contributed by atoms with E-state index in [0.717, 1.165) is 6.07 Å². The second kappa shape index (κ2) is 4.72. The summed E-state index contributed by atoms with van der Waals surface area (Å²) < 4.78 is 91.8. The van der Waals surface area contributed by atoms with Gasteiger partial charge in [0.1, 0.15) is 0 Å². The first kappa shape index (κ1) is 15.8. The molecule has 0 saturated heterocycles. The summed E-state index contributed by atoms with van der Waals surface area (Å²) in [6.45, 7) is 0. The van der Waals surface area contributed by atoms with Crippen molar-refractivity contribution < 1.29 is 30.7 Å². The summed E-state index contributed by atoms with van der Waals surface area (Å²) in [5.74, 6) is -11.5. The van der Waals surface area contributed by atoms with Crippen molar-refractivity contribution in [2.24, 2.45) is 0 Å². The number of alkyl halides is 7. The Morgan fingerprint density at radius 3 is 1.91 bits per heavy atom. The van der Waals surface area contributed by atoms with Gasteiger partial charge in [0, 0.05) is 12.0 Å². The Labute approximate surface area is 126 Å². The van der Waals surface area contributed by atoms with Gasteiger partial charge in [-0.25, -0.2) is 0 Å². The quantitative estimate of drug-likeness (QED) is 0.539. The van der Waals surface area contributed by atoms with Gasteiger partial charge in [0.05, 0.1) is 0 Å². The monoisotopic (exact) mass is 333 g/mol. The fraction of sp³-hybridized carbons (Fsp3) is 0.188. The van der Waals surface area contributed by atoms with E-state index >= 15 is 0 Å². The molecule has 1 radical (unpaired) electrons. The zero-order chi connectivity index (χ0) is 17.0. The minimum Gasteiger partial charge on any atom is -0.194 e. The molecule has 0 heterocycles. The summed E-state index contributed by atoms with van der Waals surface area (Å²) in [6.07, 6.45) is -5.16. The Balaban J connectivity index is 2.17. The third-order valence-corrected chi connectivity index (χ3v) is 3.75. The first-order chi connectivity index (χ1) is 10.6. The van der Waals surface area contributed by atoms with Gasteiger partial charge in [0.2, 0.25) is 0 Å². The minimum atomic E-state index is -6.36. The van der Waals surface area contributed by atoms with E-state index in [-0.39, 0.29) is 11.1 Å². The lowest BCUT2D eigenvalue weighted by molar-refractivity contribution is -0.359. The molecule has 0 spiro atoms. The van der Waals surface area contributed by atoms with Crippen LogP contribution in [0.15, 0.2) is 42.5 Å². The van der Waals surface area contributed by atoms with Crippen LogP contribution in [0.5, 0.6) is 0 Å². The van der Waals surface area contributed by atoms with Crippen LogP contribution in [0.1, 0.15) is 16.7 Å². The topological polar surface area (TPSA) is 0 Å². The van der Waals surface area contributed by atoms with E-state index in [1.54, 1.807) is 24.3 Å². The molecule has 1 aliphatic rings. The predicted octanol–water partition coefficient (Wildman–Crippen LogP) is 5.56. The molecule has 0 aliphatic heterocycles. The Morgan fingerprint density at radius 1 is 0.652 bits per heavy atom. The molecule has 0 N–H and O–H groups in total. The lowest BCUT2D eigenvalue weighted by Gasteiger charge is -2.29. The maximum atomic E-state index is 14.0. The SMILES string of the molecule is FC(F)(F)C(F)(F)C(F)(F)c1cccc2c1[CH]c1ccccc1-2. The maximum absolute atomic E-state index is 14.0. The van der Waals surface area contributed by atoms with Crippen molar-refractivity contribution in [1.29, 1.82) is 0 Å². The summed E-state index contributed by atoms with van der Waals surface area (Å²) in [7, 11) is 0. The van der Waals surface area contributed by atoms with Crippen LogP contribution in [0.25, 0.3) is 11.1 Å². The van der Waals surface area contributed by atoms with Crippen LogP contribution in [0.3, 0.4) is 0 Å². The summed E-state index contributed by atoms with van der Waals surface area (Å²) >= 11 is 0. The van der Waals surface area contributed by atoms with Crippen molar-refractivity contribution in [3.05, 3.63) is 65.6 Å². The van der Waals surface area contributed by atoms with Crippen LogP contribution < -0.4 is 0 Å². The predicted molar refractivity (Wildman–Crippen MR) is 69.3 cm³/mol. The Bertz CT molecular complexity index is 759. The van der Waals surface area contributed by atoms with Crippen LogP contribution in [-0.2, 0) is 5.92 Å². The average molecular weight is 333 g/mol. The van der Waals surface area contributed by atoms with Crippen LogP contribution in [-0.4, -0.2) is 12.1 Å². The zero-order valence-corrected chi connectivity index (χ0v) is 11.3. The number of fused-ring (bicyclic) bond motifs is 3. The molecule has 0 amide bonds. The van der Waals surface area contributed by atoms with Crippen molar-refractivity contribution in [3.63, 3.8) is 0 Å². The highest BCUT2D eigenvalue weighted by Crippen LogP contribution is 2.54. The van der Waals surface area contributed by atoms with Gasteiger partial charge in [0.25, 0.3) is 0 Å². The third kappa shape index (κ3) is 2.13. The van der Waals surface area contributed by atoms with Crippen LogP contribution in [0.2, 0.25) is 0 Å². The van der Waals surface area contributed by atoms with Gasteiger partial charge in [-0.3, -0.25) is 0 Å². The van der Waals surface area contributed by atoms with E-state index in [4.69, 9.17) is 0 Å². The largest absolute Gasteiger partial charge is 0.460 e. The molecule has 2 aromatic rings. The molecule has 0 aromatic heterocycles. The van der Waals surface area contributed by atoms with Crippen LogP contribution >= 0.6 is 0 Å². The number of halogens is 7. The van der Waals surface area contributed by atoms with E-state index in [0.29, 0.717) is 17.2 Å². The normalized spacial score (nSPS) is 14.6. The lowest BCUT2D eigenvalue weighted by Crippen LogP contribution is -2.50. The van der Waals surface area contributed by atoms with Crippen molar-refractivity contribution in [3.8, 4) is 11.1 Å². The van der Waals surface area contributed by atoms with E-state index in [1.807, 2.05) is 0 Å². The van der Waals surface area contributed by atoms with Crippen molar-refractivity contribution in [1.82, 2.24) is 0 Å². The number of rotatable bonds is 2. The van der Waals surface area contributed by atoms with Gasteiger partial charge in [-0.05, 0) is 22.3 Å². The first-order valence-corrected chi connectivity index (χ1v) is 6.47. The van der Waals surface area contributed by atoms with E-state index in [1.165, 1.54) is 12.5 Å². The van der Waals surface area contributed by atoms with E-state index in [9.17, 15) is 30.7 Å². The molecule has 1 aliphatic carbocycles. The highest BCUT2D eigenvalue weighted by Gasteiger charge is 2.73. The number of hydrogen-bond acceptors (Lipinski definition) is 0. The zero-order valence-electron chi connectivity index (χ0n) is 11.3. The Hall–Kier alpha value is -2.05. The summed E-state index contributed by atoms with van der Waals surface area (Å²) in [5.41, 5.74) is -0.455. The molecular formula is C16H8F7. The highest BCUT2D eigenvalue weighted by molar-refractivity contribution is 5.82. The highest BCUT2D eigenvalue weighted by atomic mass is 19.4. The number of hydrogen-bond donors (Lipinski definition) is 0. The van der Waals surface area contributed by atoms with Gasteiger partial charge in [-0.15, -0.1) is 0 Å². The molecule has 121 valence electrons. The second-order valence-electron chi connectivity index (χ2n) is 5.14. The molecule has 0 atom stereocenters. The van der Waals surface area contributed by atoms with Gasteiger partial charge >= 0.3 is 18.0 Å². The second-order valence-corrected chi connectivity index (χ2v) is 5.14. The summed E-state index contributed by atoms with van der Waals surface area (Å²) in [6, 6.07) is 9.44. The Kier molecular flexibility index (Phi) is 3.25. The lowest BCUT2D eigenvalue weighted by atomic mass is 9.93. The number of benzene rings is 2. The maximum Gasteiger partial charge on any atom is 0.460 e. The molecule has 23 heavy (non-hydrogen) atoms. The average Bonchev–Trinajstić information content (AvgIpc) is 2.84. The van der Waals surface area contributed by atoms with Gasteiger partial charge < -0.3 is 0 Å². The van der Waals surface area contributed by atoms with Gasteiger partial charge in [0.15, 0.2) is 0 Å². The van der Waals surface area contributed by atoms with Gasteiger partial charge in [-0.2, -0.15) is 30.7 Å². The van der Waals surface area contributed by atoms with Crippen LogP contribution in [0.4, 0.5) is 30.7 Å².